The lowest BCUT2D eigenvalue weighted by molar-refractivity contribution is 0.174. The Morgan fingerprint density at radius 2 is 1.88 bits per heavy atom. The molecule has 1 aliphatic heterocycles. The van der Waals surface area contributed by atoms with E-state index in [0.717, 1.165) is 30.0 Å². The molecular formula is C14H15NO2. The van der Waals surface area contributed by atoms with Gasteiger partial charge in [-0.05, 0) is 36.4 Å². The summed E-state index contributed by atoms with van der Waals surface area (Å²) in [7, 11) is 0. The molecule has 0 radical (unpaired) electrons. The van der Waals surface area contributed by atoms with E-state index < -0.39 is 0 Å². The first kappa shape index (κ1) is 10.4. The van der Waals surface area contributed by atoms with Crippen molar-refractivity contribution in [3.05, 3.63) is 29.6 Å². The van der Waals surface area contributed by atoms with Gasteiger partial charge < -0.3 is 9.47 Å². The van der Waals surface area contributed by atoms with E-state index >= 15 is 0 Å². The summed E-state index contributed by atoms with van der Waals surface area (Å²) in [5.74, 6) is 1.68. The highest BCUT2D eigenvalue weighted by molar-refractivity contribution is 5.90. The SMILES string of the molecule is CCCc1cnc(C)c2cc3c(cc12)OCO3. The van der Waals surface area contributed by atoms with Crippen molar-refractivity contribution in [2.24, 2.45) is 0 Å². The molecule has 0 atom stereocenters. The van der Waals surface area contributed by atoms with Crippen LogP contribution in [0, 0.1) is 6.92 Å². The number of fused-ring (bicyclic) bond motifs is 2. The Balaban J connectivity index is 2.28. The number of ether oxygens (including phenoxy) is 2. The molecule has 2 aromatic rings. The summed E-state index contributed by atoms with van der Waals surface area (Å²) in [5.41, 5.74) is 2.32. The van der Waals surface area contributed by atoms with Crippen LogP contribution in [0.4, 0.5) is 0 Å². The minimum atomic E-state index is 0.321. The Kier molecular flexibility index (Phi) is 2.39. The lowest BCUT2D eigenvalue weighted by Crippen LogP contribution is -1.92. The second-order valence-corrected chi connectivity index (χ2v) is 4.37. The molecule has 3 rings (SSSR count). The van der Waals surface area contributed by atoms with Crippen molar-refractivity contribution in [2.75, 3.05) is 6.79 Å². The molecule has 0 bridgehead atoms. The van der Waals surface area contributed by atoms with Crippen LogP contribution in [0.5, 0.6) is 11.5 Å². The zero-order valence-corrected chi connectivity index (χ0v) is 10.1. The van der Waals surface area contributed by atoms with E-state index in [4.69, 9.17) is 9.47 Å². The summed E-state index contributed by atoms with van der Waals surface area (Å²) in [6, 6.07) is 4.12. The largest absolute Gasteiger partial charge is 0.454 e. The van der Waals surface area contributed by atoms with Crippen LogP contribution in [-0.4, -0.2) is 11.8 Å². The molecule has 0 aliphatic carbocycles. The molecule has 0 saturated heterocycles. The van der Waals surface area contributed by atoms with Crippen molar-refractivity contribution in [3.63, 3.8) is 0 Å². The number of aromatic nitrogens is 1. The Labute approximate surface area is 100 Å². The van der Waals surface area contributed by atoms with Crippen molar-refractivity contribution in [2.45, 2.75) is 26.7 Å². The maximum Gasteiger partial charge on any atom is 0.231 e. The van der Waals surface area contributed by atoms with Crippen LogP contribution in [0.3, 0.4) is 0 Å². The van der Waals surface area contributed by atoms with Crippen molar-refractivity contribution in [1.82, 2.24) is 4.98 Å². The Hall–Kier alpha value is -1.77. The molecule has 0 saturated carbocycles. The fourth-order valence-electron chi connectivity index (χ4n) is 2.29. The average molecular weight is 229 g/mol. The van der Waals surface area contributed by atoms with Gasteiger partial charge in [-0.1, -0.05) is 13.3 Å². The maximum absolute atomic E-state index is 5.44. The first-order valence-corrected chi connectivity index (χ1v) is 5.97. The van der Waals surface area contributed by atoms with E-state index in [0.29, 0.717) is 6.79 Å². The van der Waals surface area contributed by atoms with Gasteiger partial charge in [-0.3, -0.25) is 4.98 Å². The lowest BCUT2D eigenvalue weighted by Gasteiger charge is -2.08. The molecule has 17 heavy (non-hydrogen) atoms. The summed E-state index contributed by atoms with van der Waals surface area (Å²) in [5, 5.41) is 2.41. The monoisotopic (exact) mass is 229 g/mol. The number of hydrogen-bond donors (Lipinski definition) is 0. The number of benzene rings is 1. The van der Waals surface area contributed by atoms with Crippen LogP contribution in [-0.2, 0) is 6.42 Å². The Morgan fingerprint density at radius 3 is 2.59 bits per heavy atom. The third kappa shape index (κ3) is 1.62. The van der Waals surface area contributed by atoms with Gasteiger partial charge >= 0.3 is 0 Å². The molecule has 0 N–H and O–H groups in total. The van der Waals surface area contributed by atoms with Gasteiger partial charge in [0.1, 0.15) is 0 Å². The summed E-state index contributed by atoms with van der Waals surface area (Å²) in [4.78, 5) is 4.45. The van der Waals surface area contributed by atoms with Crippen LogP contribution in [0.25, 0.3) is 10.8 Å². The van der Waals surface area contributed by atoms with Crippen LogP contribution in [0.1, 0.15) is 24.6 Å². The molecular weight excluding hydrogens is 214 g/mol. The number of pyridine rings is 1. The highest BCUT2D eigenvalue weighted by Gasteiger charge is 2.16. The highest BCUT2D eigenvalue weighted by atomic mass is 16.7. The minimum absolute atomic E-state index is 0.321. The molecule has 2 heterocycles. The van der Waals surface area contributed by atoms with Gasteiger partial charge in [-0.2, -0.15) is 0 Å². The highest BCUT2D eigenvalue weighted by Crippen LogP contribution is 2.37. The van der Waals surface area contributed by atoms with E-state index in [-0.39, 0.29) is 0 Å². The average Bonchev–Trinajstić information content (AvgIpc) is 2.78. The van der Waals surface area contributed by atoms with Gasteiger partial charge in [0, 0.05) is 17.3 Å². The summed E-state index contributed by atoms with van der Waals surface area (Å²) >= 11 is 0. The first-order valence-electron chi connectivity index (χ1n) is 5.97. The summed E-state index contributed by atoms with van der Waals surface area (Å²) in [6.07, 6.45) is 4.14. The van der Waals surface area contributed by atoms with Crippen LogP contribution in [0.2, 0.25) is 0 Å². The first-order chi connectivity index (χ1) is 8.29. The van der Waals surface area contributed by atoms with Crippen LogP contribution in [0.15, 0.2) is 18.3 Å². The molecule has 88 valence electrons. The maximum atomic E-state index is 5.44. The van der Waals surface area contributed by atoms with Crippen molar-refractivity contribution < 1.29 is 9.47 Å². The van der Waals surface area contributed by atoms with Gasteiger partial charge in [0.15, 0.2) is 11.5 Å². The number of nitrogens with zero attached hydrogens (tertiary/aromatic N) is 1. The van der Waals surface area contributed by atoms with Crippen molar-refractivity contribution in [1.29, 1.82) is 0 Å². The van der Waals surface area contributed by atoms with Crippen LogP contribution >= 0.6 is 0 Å². The standard InChI is InChI=1S/C14H15NO2/c1-3-4-10-7-15-9(2)11-5-13-14(6-12(10)11)17-8-16-13/h5-7H,3-4,8H2,1-2H3. The molecule has 1 aromatic heterocycles. The minimum Gasteiger partial charge on any atom is -0.454 e. The molecule has 0 spiro atoms. The molecule has 0 amide bonds. The zero-order valence-electron chi connectivity index (χ0n) is 10.1. The van der Waals surface area contributed by atoms with Gasteiger partial charge in [0.05, 0.1) is 0 Å². The third-order valence-electron chi connectivity index (χ3n) is 3.18. The molecule has 3 heteroatoms. The summed E-state index contributed by atoms with van der Waals surface area (Å²) < 4.78 is 10.8. The van der Waals surface area contributed by atoms with Gasteiger partial charge in [0.25, 0.3) is 0 Å². The Bertz CT molecular complexity index is 578. The molecule has 0 fully saturated rings. The smallest absolute Gasteiger partial charge is 0.231 e. The van der Waals surface area contributed by atoms with Crippen molar-refractivity contribution >= 4 is 10.8 Å². The van der Waals surface area contributed by atoms with Crippen molar-refractivity contribution in [3.8, 4) is 11.5 Å². The van der Waals surface area contributed by atoms with E-state index in [1.165, 1.54) is 16.3 Å². The van der Waals surface area contributed by atoms with Crippen LogP contribution < -0.4 is 9.47 Å². The van der Waals surface area contributed by atoms with E-state index in [1.54, 1.807) is 0 Å². The molecule has 1 aromatic carbocycles. The summed E-state index contributed by atoms with van der Waals surface area (Å²) in [6.45, 7) is 4.53. The van der Waals surface area contributed by atoms with Gasteiger partial charge in [0.2, 0.25) is 6.79 Å². The topological polar surface area (TPSA) is 31.4 Å². The number of aryl methyl sites for hydroxylation is 2. The fourth-order valence-corrected chi connectivity index (χ4v) is 2.29. The predicted octanol–water partition coefficient (Wildman–Crippen LogP) is 3.22. The van der Waals surface area contributed by atoms with Gasteiger partial charge in [-0.15, -0.1) is 0 Å². The molecule has 0 unspecified atom stereocenters. The Morgan fingerprint density at radius 1 is 1.18 bits per heavy atom. The lowest BCUT2D eigenvalue weighted by atomic mass is 10.0. The van der Waals surface area contributed by atoms with Gasteiger partial charge in [-0.25, -0.2) is 0 Å². The molecule has 3 nitrogen and oxygen atoms in total. The van der Waals surface area contributed by atoms with E-state index in [2.05, 4.69) is 18.0 Å². The van der Waals surface area contributed by atoms with E-state index in [1.807, 2.05) is 19.2 Å². The second kappa shape index (κ2) is 3.91. The van der Waals surface area contributed by atoms with E-state index in [9.17, 15) is 0 Å². The second-order valence-electron chi connectivity index (χ2n) is 4.37. The molecule has 1 aliphatic rings. The number of rotatable bonds is 2. The predicted molar refractivity (Wildman–Crippen MR) is 66.6 cm³/mol. The fraction of sp³-hybridized carbons (Fsp3) is 0.357. The quantitative estimate of drug-likeness (QED) is 0.792. The normalized spacial score (nSPS) is 13.3. The zero-order chi connectivity index (χ0) is 11.8. The third-order valence-corrected chi connectivity index (χ3v) is 3.18. The number of hydrogen-bond acceptors (Lipinski definition) is 3.